The quantitative estimate of drug-likeness (QED) is 0.913. The molecule has 3 rings (SSSR count). The largest absolute Gasteiger partial charge is 0.316 e. The molecule has 2 aromatic rings. The number of carbonyl (C=O) groups excluding carboxylic acids is 1. The van der Waals surface area contributed by atoms with E-state index in [1.54, 1.807) is 0 Å². The van der Waals surface area contributed by atoms with Gasteiger partial charge in [0.2, 0.25) is 5.91 Å². The molecule has 1 fully saturated rings. The lowest BCUT2D eigenvalue weighted by Gasteiger charge is -2.21. The molecule has 0 radical (unpaired) electrons. The average molecular weight is 315 g/mol. The molecule has 0 saturated carbocycles. The van der Waals surface area contributed by atoms with E-state index in [1.807, 2.05) is 5.38 Å². The first-order chi connectivity index (χ1) is 10.6. The normalized spacial score (nSPS) is 18.2. The summed E-state index contributed by atoms with van der Waals surface area (Å²) in [6, 6.07) is 6.34. The zero-order valence-electron chi connectivity index (χ0n) is 13.0. The Morgan fingerprint density at radius 1 is 1.41 bits per heavy atom. The van der Waals surface area contributed by atoms with Gasteiger partial charge in [-0.15, -0.1) is 11.3 Å². The molecule has 1 aliphatic rings. The first kappa shape index (κ1) is 15.2. The van der Waals surface area contributed by atoms with Crippen molar-refractivity contribution in [1.29, 1.82) is 0 Å². The molecule has 5 heteroatoms. The van der Waals surface area contributed by atoms with Gasteiger partial charge in [-0.3, -0.25) is 4.79 Å². The second-order valence-corrected chi connectivity index (χ2v) is 6.75. The molecule has 1 unspecified atom stereocenters. The van der Waals surface area contributed by atoms with Gasteiger partial charge < -0.3 is 10.6 Å². The Bertz CT molecular complexity index is 674. The smallest absolute Gasteiger partial charge is 0.230 e. The molecule has 2 N–H and O–H groups in total. The minimum atomic E-state index is 0.0576. The summed E-state index contributed by atoms with van der Waals surface area (Å²) in [7, 11) is 0. The summed E-state index contributed by atoms with van der Waals surface area (Å²) >= 11 is 1.49. The monoisotopic (exact) mass is 315 g/mol. The summed E-state index contributed by atoms with van der Waals surface area (Å²) in [5, 5.41) is 8.92. The van der Waals surface area contributed by atoms with E-state index in [0.717, 1.165) is 37.2 Å². The molecule has 4 nitrogen and oxygen atoms in total. The van der Waals surface area contributed by atoms with E-state index in [4.69, 9.17) is 0 Å². The van der Waals surface area contributed by atoms with Gasteiger partial charge in [-0.05, 0) is 38.8 Å². The Hall–Kier alpha value is -1.72. The number of amides is 1. The van der Waals surface area contributed by atoms with Crippen molar-refractivity contribution in [2.24, 2.45) is 5.92 Å². The standard InChI is InChI=1S/C17H21N3OS/c1-11-5-6-14(12(2)8-11)15-10-22-17(19-15)20-16(21)13-4-3-7-18-9-13/h5-6,8,10,13,18H,3-4,7,9H2,1-2H3,(H,19,20,21). The lowest BCUT2D eigenvalue weighted by molar-refractivity contribution is -0.120. The molecular weight excluding hydrogens is 294 g/mol. The topological polar surface area (TPSA) is 54.0 Å². The second kappa shape index (κ2) is 6.58. The summed E-state index contributed by atoms with van der Waals surface area (Å²) in [6.07, 6.45) is 2.01. The fraction of sp³-hybridized carbons (Fsp3) is 0.412. The highest BCUT2D eigenvalue weighted by molar-refractivity contribution is 7.14. The van der Waals surface area contributed by atoms with Crippen molar-refractivity contribution in [3.05, 3.63) is 34.7 Å². The number of carbonyl (C=O) groups is 1. The maximum atomic E-state index is 12.2. The van der Waals surface area contributed by atoms with Crippen molar-refractivity contribution < 1.29 is 4.79 Å². The lowest BCUT2D eigenvalue weighted by Crippen LogP contribution is -2.37. The Labute approximate surface area is 135 Å². The zero-order valence-corrected chi connectivity index (χ0v) is 13.8. The number of hydrogen-bond donors (Lipinski definition) is 2. The average Bonchev–Trinajstić information content (AvgIpc) is 2.96. The van der Waals surface area contributed by atoms with E-state index in [1.165, 1.54) is 22.5 Å². The first-order valence-corrected chi connectivity index (χ1v) is 8.56. The number of piperidine rings is 1. The van der Waals surface area contributed by atoms with Crippen LogP contribution in [0.3, 0.4) is 0 Å². The van der Waals surface area contributed by atoms with Crippen molar-refractivity contribution in [2.45, 2.75) is 26.7 Å². The molecule has 0 aliphatic carbocycles. The van der Waals surface area contributed by atoms with Crippen molar-refractivity contribution in [3.8, 4) is 11.3 Å². The van der Waals surface area contributed by atoms with Gasteiger partial charge in [-0.1, -0.05) is 23.8 Å². The zero-order chi connectivity index (χ0) is 15.5. The second-order valence-electron chi connectivity index (χ2n) is 5.89. The maximum absolute atomic E-state index is 12.2. The highest BCUT2D eigenvalue weighted by atomic mass is 32.1. The minimum absolute atomic E-state index is 0.0576. The molecule has 1 aliphatic heterocycles. The number of nitrogens with one attached hydrogen (secondary N) is 2. The molecule has 1 amide bonds. The number of thiazole rings is 1. The van der Waals surface area contributed by atoms with Gasteiger partial charge in [0.25, 0.3) is 0 Å². The summed E-state index contributed by atoms with van der Waals surface area (Å²) in [5.41, 5.74) is 4.51. The number of nitrogens with zero attached hydrogens (tertiary/aromatic N) is 1. The third-order valence-electron chi connectivity index (χ3n) is 4.06. The Kier molecular flexibility index (Phi) is 4.55. The van der Waals surface area contributed by atoms with Crippen molar-refractivity contribution >= 4 is 22.4 Å². The summed E-state index contributed by atoms with van der Waals surface area (Å²) < 4.78 is 0. The molecular formula is C17H21N3OS. The lowest BCUT2D eigenvalue weighted by atomic mass is 9.99. The van der Waals surface area contributed by atoms with Crippen LogP contribution in [0.1, 0.15) is 24.0 Å². The van der Waals surface area contributed by atoms with Crippen LogP contribution in [0.25, 0.3) is 11.3 Å². The van der Waals surface area contributed by atoms with Crippen LogP contribution >= 0.6 is 11.3 Å². The third-order valence-corrected chi connectivity index (χ3v) is 4.82. The van der Waals surface area contributed by atoms with Crippen LogP contribution in [-0.2, 0) is 4.79 Å². The van der Waals surface area contributed by atoms with Crippen LogP contribution in [0.15, 0.2) is 23.6 Å². The molecule has 0 bridgehead atoms. The molecule has 1 saturated heterocycles. The van der Waals surface area contributed by atoms with Crippen LogP contribution < -0.4 is 10.6 Å². The molecule has 116 valence electrons. The number of hydrogen-bond acceptors (Lipinski definition) is 4. The Balaban J connectivity index is 1.72. The van der Waals surface area contributed by atoms with Gasteiger partial charge in [0.05, 0.1) is 11.6 Å². The van der Waals surface area contributed by atoms with E-state index < -0.39 is 0 Å². The van der Waals surface area contributed by atoms with E-state index in [2.05, 4.69) is 47.7 Å². The highest BCUT2D eigenvalue weighted by Crippen LogP contribution is 2.28. The highest BCUT2D eigenvalue weighted by Gasteiger charge is 2.21. The van der Waals surface area contributed by atoms with Crippen molar-refractivity contribution in [1.82, 2.24) is 10.3 Å². The van der Waals surface area contributed by atoms with E-state index in [9.17, 15) is 4.79 Å². The number of anilines is 1. The van der Waals surface area contributed by atoms with Crippen LogP contribution in [0.2, 0.25) is 0 Å². The number of benzene rings is 1. The van der Waals surface area contributed by atoms with Gasteiger partial charge in [0, 0.05) is 17.5 Å². The molecule has 0 spiro atoms. The van der Waals surface area contributed by atoms with Crippen molar-refractivity contribution in [2.75, 3.05) is 18.4 Å². The summed E-state index contributed by atoms with van der Waals surface area (Å²) in [4.78, 5) is 16.8. The molecule has 2 heterocycles. The van der Waals surface area contributed by atoms with Crippen LogP contribution in [0, 0.1) is 19.8 Å². The first-order valence-electron chi connectivity index (χ1n) is 7.68. The predicted molar refractivity (Wildman–Crippen MR) is 91.2 cm³/mol. The van der Waals surface area contributed by atoms with Crippen LogP contribution in [0.4, 0.5) is 5.13 Å². The molecule has 1 atom stereocenters. The third kappa shape index (κ3) is 3.36. The Morgan fingerprint density at radius 3 is 3.00 bits per heavy atom. The minimum Gasteiger partial charge on any atom is -0.316 e. The fourth-order valence-corrected chi connectivity index (χ4v) is 3.55. The molecule has 1 aromatic heterocycles. The van der Waals surface area contributed by atoms with Gasteiger partial charge in [0.1, 0.15) is 0 Å². The van der Waals surface area contributed by atoms with Gasteiger partial charge >= 0.3 is 0 Å². The molecule has 22 heavy (non-hydrogen) atoms. The van der Waals surface area contributed by atoms with Gasteiger partial charge in [-0.25, -0.2) is 4.98 Å². The number of aromatic nitrogens is 1. The fourth-order valence-electron chi connectivity index (χ4n) is 2.84. The van der Waals surface area contributed by atoms with E-state index >= 15 is 0 Å². The number of rotatable bonds is 3. The molecule has 1 aromatic carbocycles. The van der Waals surface area contributed by atoms with Gasteiger partial charge in [0.15, 0.2) is 5.13 Å². The van der Waals surface area contributed by atoms with E-state index in [0.29, 0.717) is 5.13 Å². The SMILES string of the molecule is Cc1ccc(-c2csc(NC(=O)C3CCCNC3)n2)c(C)c1. The predicted octanol–water partition coefficient (Wildman–Crippen LogP) is 3.37. The number of aryl methyl sites for hydroxylation is 2. The van der Waals surface area contributed by atoms with Gasteiger partial charge in [-0.2, -0.15) is 0 Å². The van der Waals surface area contributed by atoms with Crippen molar-refractivity contribution in [3.63, 3.8) is 0 Å². The maximum Gasteiger partial charge on any atom is 0.230 e. The van der Waals surface area contributed by atoms with E-state index in [-0.39, 0.29) is 11.8 Å². The Morgan fingerprint density at radius 2 is 2.27 bits per heavy atom. The van der Waals surface area contributed by atoms with Crippen LogP contribution in [0.5, 0.6) is 0 Å². The summed E-state index contributed by atoms with van der Waals surface area (Å²) in [6.45, 7) is 5.95. The summed E-state index contributed by atoms with van der Waals surface area (Å²) in [5.74, 6) is 0.135. The van der Waals surface area contributed by atoms with Crippen LogP contribution in [-0.4, -0.2) is 24.0 Å².